The van der Waals surface area contributed by atoms with E-state index in [2.05, 4.69) is 16.8 Å². The lowest BCUT2D eigenvalue weighted by atomic mass is 10.0. The van der Waals surface area contributed by atoms with Gasteiger partial charge in [-0.15, -0.1) is 0 Å². The smallest absolute Gasteiger partial charge is 0.256 e. The van der Waals surface area contributed by atoms with Crippen LogP contribution in [0.4, 0.5) is 5.69 Å². The Balaban J connectivity index is 0.986. The quantitative estimate of drug-likeness (QED) is 0.541. The molecule has 0 radical (unpaired) electrons. The highest BCUT2D eigenvalue weighted by molar-refractivity contribution is 7.89. The number of fused-ring (bicyclic) bond motifs is 2. The van der Waals surface area contributed by atoms with Crippen molar-refractivity contribution in [1.82, 2.24) is 14.1 Å². The number of aliphatic hydroxyl groups is 1. The standard InChI is InChI=1S/C29H34N4O6S/c1-30-11-20-13-31(14-21(20)12-30)24-4-2-3-19(9-24)28(34)29(35)32-15-22-17-33(18-23(22)16-32)40(36,37)25-5-6-26-27(10-25)39-8-7-38-26/h2-6,9-10,20-21,28,34H,7-8,11-18H2,1H3. The van der Waals surface area contributed by atoms with Gasteiger partial charge in [0.25, 0.3) is 5.91 Å². The Labute approximate surface area is 234 Å². The highest BCUT2D eigenvalue weighted by Crippen LogP contribution is 2.37. The summed E-state index contributed by atoms with van der Waals surface area (Å²) in [5.41, 5.74) is 3.47. The molecule has 40 heavy (non-hydrogen) atoms. The van der Waals surface area contributed by atoms with Crippen LogP contribution < -0.4 is 14.4 Å². The van der Waals surface area contributed by atoms with Crippen molar-refractivity contribution in [2.45, 2.75) is 11.0 Å². The molecule has 7 rings (SSSR count). The average molecular weight is 567 g/mol. The number of likely N-dealkylation sites (tertiary alicyclic amines) is 1. The molecule has 3 unspecified atom stereocenters. The summed E-state index contributed by atoms with van der Waals surface area (Å²) >= 11 is 0. The third kappa shape index (κ3) is 4.45. The first-order valence-electron chi connectivity index (χ1n) is 13.9. The Hall–Kier alpha value is -3.12. The van der Waals surface area contributed by atoms with Crippen LogP contribution in [-0.2, 0) is 14.8 Å². The van der Waals surface area contributed by atoms with Gasteiger partial charge in [0.2, 0.25) is 10.0 Å². The number of ether oxygens (including phenoxy) is 2. The SMILES string of the molecule is CN1CC2CN(c3cccc(C(O)C(=O)N4CC5=C(C4)CN(S(=O)(=O)c4ccc6c(c4)OCCO6)C5)c3)CC2C1. The van der Waals surface area contributed by atoms with Crippen LogP contribution in [-0.4, -0.2) is 106 Å². The molecule has 0 bridgehead atoms. The maximum Gasteiger partial charge on any atom is 0.256 e. The van der Waals surface area contributed by atoms with Crippen LogP contribution in [0.3, 0.4) is 0 Å². The minimum absolute atomic E-state index is 0.162. The zero-order chi connectivity index (χ0) is 27.6. The molecule has 2 aromatic carbocycles. The molecule has 2 fully saturated rings. The fourth-order valence-electron chi connectivity index (χ4n) is 6.85. The van der Waals surface area contributed by atoms with E-state index in [1.807, 2.05) is 18.2 Å². The molecule has 3 atom stereocenters. The molecule has 5 heterocycles. The van der Waals surface area contributed by atoms with E-state index in [9.17, 15) is 18.3 Å². The number of sulfonamides is 1. The number of hydrogen-bond donors (Lipinski definition) is 1. The summed E-state index contributed by atoms with van der Waals surface area (Å²) in [5.74, 6) is 1.95. The number of benzene rings is 2. The molecule has 0 spiro atoms. The Morgan fingerprint density at radius 2 is 1.57 bits per heavy atom. The normalized spacial score (nSPS) is 25.4. The number of hydrogen-bond acceptors (Lipinski definition) is 8. The highest BCUT2D eigenvalue weighted by atomic mass is 32.2. The lowest BCUT2D eigenvalue weighted by Crippen LogP contribution is -2.38. The van der Waals surface area contributed by atoms with Crippen molar-refractivity contribution in [3.05, 3.63) is 59.2 Å². The van der Waals surface area contributed by atoms with Gasteiger partial charge < -0.3 is 29.3 Å². The molecule has 5 aliphatic heterocycles. The van der Waals surface area contributed by atoms with Gasteiger partial charge in [-0.05, 0) is 59.9 Å². The molecule has 0 aliphatic carbocycles. The highest BCUT2D eigenvalue weighted by Gasteiger charge is 2.40. The van der Waals surface area contributed by atoms with E-state index in [1.165, 1.54) is 10.4 Å². The predicted octanol–water partition coefficient (Wildman–Crippen LogP) is 1.33. The van der Waals surface area contributed by atoms with Crippen molar-refractivity contribution in [2.75, 3.05) is 77.5 Å². The number of carbonyl (C=O) groups excluding carboxylic acids is 1. The second-order valence-corrected chi connectivity index (χ2v) is 13.6. The molecule has 0 aromatic heterocycles. The Kier molecular flexibility index (Phi) is 6.30. The van der Waals surface area contributed by atoms with Gasteiger partial charge in [-0.3, -0.25) is 4.79 Å². The monoisotopic (exact) mass is 566 g/mol. The van der Waals surface area contributed by atoms with Gasteiger partial charge in [0.05, 0.1) is 4.90 Å². The van der Waals surface area contributed by atoms with Crippen molar-refractivity contribution in [3.8, 4) is 11.5 Å². The van der Waals surface area contributed by atoms with Crippen molar-refractivity contribution in [3.63, 3.8) is 0 Å². The fourth-order valence-corrected chi connectivity index (χ4v) is 8.30. The van der Waals surface area contributed by atoms with Gasteiger partial charge in [-0.2, -0.15) is 4.31 Å². The Morgan fingerprint density at radius 3 is 2.27 bits per heavy atom. The Morgan fingerprint density at radius 1 is 0.900 bits per heavy atom. The van der Waals surface area contributed by atoms with Crippen LogP contribution in [0.1, 0.15) is 11.7 Å². The summed E-state index contributed by atoms with van der Waals surface area (Å²) in [6.07, 6.45) is -1.26. The van der Waals surface area contributed by atoms with Crippen molar-refractivity contribution in [2.24, 2.45) is 11.8 Å². The summed E-state index contributed by atoms with van der Waals surface area (Å²) in [6, 6.07) is 12.4. The third-order valence-corrected chi connectivity index (χ3v) is 10.7. The first kappa shape index (κ1) is 25.8. The molecular formula is C29H34N4O6S. The first-order chi connectivity index (χ1) is 19.3. The second-order valence-electron chi connectivity index (χ2n) is 11.6. The lowest BCUT2D eigenvalue weighted by molar-refractivity contribution is -0.139. The van der Waals surface area contributed by atoms with Crippen LogP contribution in [0.5, 0.6) is 11.5 Å². The van der Waals surface area contributed by atoms with E-state index in [0.717, 1.165) is 43.0 Å². The molecular weight excluding hydrogens is 532 g/mol. The number of rotatable bonds is 5. The van der Waals surface area contributed by atoms with Gasteiger partial charge in [-0.25, -0.2) is 8.42 Å². The van der Waals surface area contributed by atoms with Crippen LogP contribution in [0, 0.1) is 11.8 Å². The summed E-state index contributed by atoms with van der Waals surface area (Å²) in [4.78, 5) is 19.9. The molecule has 212 valence electrons. The summed E-state index contributed by atoms with van der Waals surface area (Å²) < 4.78 is 39.2. The first-order valence-corrected chi connectivity index (χ1v) is 15.3. The van der Waals surface area contributed by atoms with Crippen LogP contribution >= 0.6 is 0 Å². The van der Waals surface area contributed by atoms with Gasteiger partial charge in [0.15, 0.2) is 17.6 Å². The average Bonchev–Trinajstić information content (AvgIpc) is 3.72. The van der Waals surface area contributed by atoms with E-state index in [1.54, 1.807) is 23.1 Å². The largest absolute Gasteiger partial charge is 0.486 e. The molecule has 5 aliphatic rings. The number of carbonyl (C=O) groups is 1. The van der Waals surface area contributed by atoms with E-state index in [4.69, 9.17) is 9.47 Å². The van der Waals surface area contributed by atoms with Crippen molar-refractivity contribution in [1.29, 1.82) is 0 Å². The fraction of sp³-hybridized carbons (Fsp3) is 0.483. The molecule has 10 nitrogen and oxygen atoms in total. The van der Waals surface area contributed by atoms with E-state index < -0.39 is 16.1 Å². The second kappa shape index (κ2) is 9.76. The minimum Gasteiger partial charge on any atom is -0.486 e. The van der Waals surface area contributed by atoms with Gasteiger partial charge >= 0.3 is 0 Å². The summed E-state index contributed by atoms with van der Waals surface area (Å²) in [7, 11) is -1.57. The van der Waals surface area contributed by atoms with Crippen LogP contribution in [0.2, 0.25) is 0 Å². The number of amides is 1. The maximum absolute atomic E-state index is 13.4. The van der Waals surface area contributed by atoms with Gasteiger partial charge in [0, 0.05) is 64.1 Å². The predicted molar refractivity (Wildman–Crippen MR) is 148 cm³/mol. The van der Waals surface area contributed by atoms with Crippen molar-refractivity contribution >= 4 is 21.6 Å². The number of aliphatic hydroxyl groups excluding tert-OH is 1. The van der Waals surface area contributed by atoms with Crippen molar-refractivity contribution < 1.29 is 27.8 Å². The maximum atomic E-state index is 13.4. The molecule has 2 saturated heterocycles. The Bertz CT molecular complexity index is 1460. The third-order valence-electron chi connectivity index (χ3n) is 8.91. The number of nitrogens with zero attached hydrogens (tertiary/aromatic N) is 4. The molecule has 1 amide bonds. The zero-order valence-corrected chi connectivity index (χ0v) is 23.3. The van der Waals surface area contributed by atoms with Crippen LogP contribution in [0.15, 0.2) is 58.5 Å². The number of anilines is 1. The molecule has 1 N–H and O–H groups in total. The van der Waals surface area contributed by atoms with E-state index in [0.29, 0.717) is 55.2 Å². The lowest BCUT2D eigenvalue weighted by Gasteiger charge is -2.26. The molecule has 0 saturated carbocycles. The van der Waals surface area contributed by atoms with Crippen LogP contribution in [0.25, 0.3) is 0 Å². The topological polar surface area (TPSA) is 103 Å². The summed E-state index contributed by atoms with van der Waals surface area (Å²) in [5, 5.41) is 11.0. The zero-order valence-electron chi connectivity index (χ0n) is 22.5. The van der Waals surface area contributed by atoms with Gasteiger partial charge in [-0.1, -0.05) is 12.1 Å². The minimum atomic E-state index is -3.74. The molecule has 11 heteroatoms. The molecule has 2 aromatic rings. The van der Waals surface area contributed by atoms with E-state index in [-0.39, 0.29) is 23.9 Å². The summed E-state index contributed by atoms with van der Waals surface area (Å²) in [6.45, 7) is 6.15. The van der Waals surface area contributed by atoms with Gasteiger partial charge in [0.1, 0.15) is 13.2 Å². The van der Waals surface area contributed by atoms with E-state index >= 15 is 0 Å².